The third kappa shape index (κ3) is 2.66. The van der Waals surface area contributed by atoms with Crippen LogP contribution in [0.25, 0.3) is 0 Å². The van der Waals surface area contributed by atoms with E-state index < -0.39 is 5.60 Å². The average Bonchev–Trinajstić information content (AvgIpc) is 3.24. The van der Waals surface area contributed by atoms with E-state index in [0.29, 0.717) is 11.8 Å². The molecule has 1 aliphatic heterocycles. The summed E-state index contributed by atoms with van der Waals surface area (Å²) in [4.78, 5) is 2.65. The second-order valence-corrected chi connectivity index (χ2v) is 8.57. The van der Waals surface area contributed by atoms with Crippen molar-refractivity contribution in [2.75, 3.05) is 19.6 Å². The molecule has 114 valence electrons. The lowest BCUT2D eigenvalue weighted by molar-refractivity contribution is -0.147. The molecule has 0 amide bonds. The van der Waals surface area contributed by atoms with Gasteiger partial charge >= 0.3 is 0 Å². The number of hydrogen-bond donors (Lipinski definition) is 1. The number of benzene rings is 1. The first kappa shape index (κ1) is 14.5. The molecular formula is C18H24INO. The van der Waals surface area contributed by atoms with Gasteiger partial charge in [-0.3, -0.25) is 0 Å². The Labute approximate surface area is 141 Å². The van der Waals surface area contributed by atoms with E-state index in [9.17, 15) is 5.11 Å². The molecule has 21 heavy (non-hydrogen) atoms. The predicted molar refractivity (Wildman–Crippen MR) is 93.1 cm³/mol. The van der Waals surface area contributed by atoms with Gasteiger partial charge in [-0.2, -0.15) is 0 Å². The summed E-state index contributed by atoms with van der Waals surface area (Å²) in [5, 5.41) is 11.6. The Morgan fingerprint density at radius 2 is 1.86 bits per heavy atom. The molecular weight excluding hydrogens is 373 g/mol. The van der Waals surface area contributed by atoms with Crippen LogP contribution in [0.4, 0.5) is 0 Å². The molecule has 2 saturated carbocycles. The van der Waals surface area contributed by atoms with Crippen LogP contribution in [0.3, 0.4) is 0 Å². The Balaban J connectivity index is 1.62. The minimum atomic E-state index is -0.584. The number of fused-ring (bicyclic) bond motifs is 2. The number of piperidine rings is 1. The molecule has 2 bridgehead atoms. The van der Waals surface area contributed by atoms with Crippen molar-refractivity contribution in [2.24, 2.45) is 17.8 Å². The van der Waals surface area contributed by atoms with Crippen LogP contribution < -0.4 is 0 Å². The van der Waals surface area contributed by atoms with Gasteiger partial charge in [0.05, 0.1) is 5.60 Å². The Hall–Kier alpha value is -0.130. The zero-order chi connectivity index (χ0) is 14.4. The predicted octanol–water partition coefficient (Wildman–Crippen LogP) is 3.62. The van der Waals surface area contributed by atoms with Crippen molar-refractivity contribution >= 4 is 22.6 Å². The van der Waals surface area contributed by atoms with E-state index in [2.05, 4.69) is 51.8 Å². The molecule has 1 heterocycles. The van der Waals surface area contributed by atoms with Crippen molar-refractivity contribution in [2.45, 2.75) is 37.7 Å². The third-order valence-corrected chi connectivity index (χ3v) is 6.48. The van der Waals surface area contributed by atoms with Crippen LogP contribution in [-0.4, -0.2) is 29.6 Å². The summed E-state index contributed by atoms with van der Waals surface area (Å²) in [5.74, 6) is 1.79. The fourth-order valence-electron chi connectivity index (χ4n) is 4.57. The number of hydrogen-bond acceptors (Lipinski definition) is 2. The summed E-state index contributed by atoms with van der Waals surface area (Å²) in [7, 11) is 0. The summed E-state index contributed by atoms with van der Waals surface area (Å²) in [5.41, 5.74) is 0.578. The van der Waals surface area contributed by atoms with Crippen molar-refractivity contribution in [1.82, 2.24) is 4.90 Å². The smallest absolute Gasteiger partial charge is 0.0977 e. The lowest BCUT2D eigenvalue weighted by atomic mass is 9.62. The highest BCUT2D eigenvalue weighted by Crippen LogP contribution is 2.49. The Morgan fingerprint density at radius 3 is 2.48 bits per heavy atom. The van der Waals surface area contributed by atoms with Gasteiger partial charge in [0.25, 0.3) is 0 Å². The van der Waals surface area contributed by atoms with Gasteiger partial charge in [0.2, 0.25) is 0 Å². The van der Waals surface area contributed by atoms with Crippen LogP contribution in [0.1, 0.15) is 37.7 Å². The van der Waals surface area contributed by atoms with E-state index in [1.54, 1.807) is 0 Å². The standard InChI is InChI=1S/C18H24INO/c19-17-6-2-3-14(9-17)18(21)15-4-1-5-16(18)12-20(11-15)10-13-7-8-13/h2-3,6,9,13,15-16,21H,1,4-5,7-8,10-12H2/t15-,16+,18+. The van der Waals surface area contributed by atoms with Gasteiger partial charge in [0, 0.05) is 35.0 Å². The van der Waals surface area contributed by atoms with Crippen LogP contribution >= 0.6 is 22.6 Å². The normalized spacial score (nSPS) is 36.7. The van der Waals surface area contributed by atoms with Gasteiger partial charge in [-0.05, 0) is 71.9 Å². The summed E-state index contributed by atoms with van der Waals surface area (Å²) >= 11 is 2.36. The number of rotatable bonds is 3. The largest absolute Gasteiger partial charge is 0.384 e. The summed E-state index contributed by atoms with van der Waals surface area (Å²) < 4.78 is 1.23. The molecule has 0 aromatic heterocycles. The van der Waals surface area contributed by atoms with E-state index in [4.69, 9.17) is 0 Å². The summed E-state index contributed by atoms with van der Waals surface area (Å²) in [6.45, 7) is 3.46. The van der Waals surface area contributed by atoms with Crippen LogP contribution in [0.2, 0.25) is 0 Å². The Bertz CT molecular complexity index is 514. The second-order valence-electron chi connectivity index (χ2n) is 7.32. The van der Waals surface area contributed by atoms with Gasteiger partial charge in [-0.25, -0.2) is 0 Å². The fraction of sp³-hybridized carbons (Fsp3) is 0.667. The number of aliphatic hydroxyl groups is 1. The van der Waals surface area contributed by atoms with Gasteiger partial charge in [-0.15, -0.1) is 0 Å². The van der Waals surface area contributed by atoms with E-state index in [1.165, 1.54) is 42.2 Å². The number of nitrogens with zero attached hydrogens (tertiary/aromatic N) is 1. The van der Waals surface area contributed by atoms with Crippen molar-refractivity contribution in [3.63, 3.8) is 0 Å². The topological polar surface area (TPSA) is 23.5 Å². The second kappa shape index (κ2) is 5.50. The molecule has 2 aliphatic carbocycles. The number of likely N-dealkylation sites (tertiary alicyclic amines) is 1. The highest BCUT2D eigenvalue weighted by atomic mass is 127. The van der Waals surface area contributed by atoms with Crippen molar-refractivity contribution in [1.29, 1.82) is 0 Å². The molecule has 4 rings (SSSR count). The minimum absolute atomic E-state index is 0.418. The number of halogens is 1. The Morgan fingerprint density at radius 1 is 1.14 bits per heavy atom. The lowest BCUT2D eigenvalue weighted by Gasteiger charge is -2.53. The van der Waals surface area contributed by atoms with E-state index >= 15 is 0 Å². The molecule has 1 saturated heterocycles. The zero-order valence-corrected chi connectivity index (χ0v) is 14.6. The van der Waals surface area contributed by atoms with E-state index in [-0.39, 0.29) is 0 Å². The van der Waals surface area contributed by atoms with Gasteiger partial charge in [0.15, 0.2) is 0 Å². The van der Waals surface area contributed by atoms with Gasteiger partial charge < -0.3 is 10.0 Å². The molecule has 3 heteroatoms. The van der Waals surface area contributed by atoms with Crippen LogP contribution in [0.5, 0.6) is 0 Å². The van der Waals surface area contributed by atoms with Crippen molar-refractivity contribution < 1.29 is 5.11 Å². The van der Waals surface area contributed by atoms with Gasteiger partial charge in [-0.1, -0.05) is 18.6 Å². The summed E-state index contributed by atoms with van der Waals surface area (Å²) in [6, 6.07) is 8.55. The maximum Gasteiger partial charge on any atom is 0.0977 e. The maximum absolute atomic E-state index is 11.6. The first-order chi connectivity index (χ1) is 10.2. The molecule has 3 fully saturated rings. The summed E-state index contributed by atoms with van der Waals surface area (Å²) in [6.07, 6.45) is 6.50. The first-order valence-corrected chi connectivity index (χ1v) is 9.45. The quantitative estimate of drug-likeness (QED) is 0.788. The van der Waals surface area contributed by atoms with Gasteiger partial charge in [0.1, 0.15) is 0 Å². The molecule has 0 radical (unpaired) electrons. The zero-order valence-electron chi connectivity index (χ0n) is 12.5. The lowest BCUT2D eigenvalue weighted by Crippen LogP contribution is -2.58. The Kier molecular flexibility index (Phi) is 3.79. The highest BCUT2D eigenvalue weighted by Gasteiger charge is 2.51. The molecule has 3 aliphatic rings. The van der Waals surface area contributed by atoms with Crippen LogP contribution in [-0.2, 0) is 5.60 Å². The molecule has 0 unspecified atom stereocenters. The van der Waals surface area contributed by atoms with Crippen LogP contribution in [0.15, 0.2) is 24.3 Å². The first-order valence-electron chi connectivity index (χ1n) is 8.37. The van der Waals surface area contributed by atoms with Crippen LogP contribution in [0, 0.1) is 21.3 Å². The fourth-order valence-corrected chi connectivity index (χ4v) is 5.11. The molecule has 2 nitrogen and oxygen atoms in total. The highest BCUT2D eigenvalue weighted by molar-refractivity contribution is 14.1. The molecule has 1 N–H and O–H groups in total. The molecule has 3 atom stereocenters. The molecule has 0 spiro atoms. The average molecular weight is 397 g/mol. The molecule has 1 aromatic rings. The van der Waals surface area contributed by atoms with Crippen molar-refractivity contribution in [3.8, 4) is 0 Å². The van der Waals surface area contributed by atoms with Crippen molar-refractivity contribution in [3.05, 3.63) is 33.4 Å². The SMILES string of the molecule is O[C@@]1(c2cccc(I)c2)[C@@H]2CCC[C@H]1CN(CC1CC1)C2. The monoisotopic (exact) mass is 397 g/mol. The molecule has 1 aromatic carbocycles. The minimum Gasteiger partial charge on any atom is -0.384 e. The van der Waals surface area contributed by atoms with E-state index in [1.807, 2.05) is 0 Å². The van der Waals surface area contributed by atoms with E-state index in [0.717, 1.165) is 24.6 Å². The third-order valence-electron chi connectivity index (χ3n) is 5.81. The maximum atomic E-state index is 11.6.